The molecule has 0 fully saturated rings. The fourth-order valence-corrected chi connectivity index (χ4v) is 12.7. The average Bonchev–Trinajstić information content (AvgIpc) is 3.99. The van der Waals surface area contributed by atoms with Crippen molar-refractivity contribution in [3.63, 3.8) is 0 Å². The summed E-state index contributed by atoms with van der Waals surface area (Å²) in [7, 11) is 0. The molecule has 0 N–H and O–H groups in total. The molecule has 0 unspecified atom stereocenters. The first kappa shape index (κ1) is 37.1. The van der Waals surface area contributed by atoms with E-state index in [-0.39, 0.29) is 31.7 Å². The van der Waals surface area contributed by atoms with Gasteiger partial charge in [0.05, 0.1) is 16.9 Å². The fraction of sp³-hybridized carbons (Fsp3) is 0.226. The number of fused-ring (bicyclic) bond motifs is 7. The number of nitrogens with zero attached hydrogens (tertiary/aromatic N) is 4. The fourth-order valence-electron chi connectivity index (χ4n) is 8.11. The smallest absolute Gasteiger partial charge is 0 e. The van der Waals surface area contributed by atoms with Crippen molar-refractivity contribution in [3.05, 3.63) is 150 Å². The summed E-state index contributed by atoms with van der Waals surface area (Å²) in [6.45, 7) is 6.05. The van der Waals surface area contributed by atoms with Crippen molar-refractivity contribution < 1.29 is 27.0 Å². The Morgan fingerprint density at radius 1 is 0.770 bits per heavy atom. The van der Waals surface area contributed by atoms with E-state index in [1.807, 2.05) is 79.9 Å². The van der Waals surface area contributed by atoms with Gasteiger partial charge in [-0.15, -0.1) is 29.5 Å². The van der Waals surface area contributed by atoms with Gasteiger partial charge in [0.2, 0.25) is 0 Å². The first-order chi connectivity index (χ1) is 31.0. The van der Waals surface area contributed by atoms with E-state index in [9.17, 15) is 0 Å². The summed E-state index contributed by atoms with van der Waals surface area (Å²) in [5.74, 6) is 7.64. The van der Waals surface area contributed by atoms with Crippen LogP contribution in [0, 0.1) is 24.9 Å². The van der Waals surface area contributed by atoms with Gasteiger partial charge in [0.25, 0.3) is 0 Å². The van der Waals surface area contributed by atoms with Crippen LogP contribution in [0.4, 0.5) is 0 Å². The number of thiophene rings is 2. The molecule has 8 heteroatoms. The largest absolute Gasteiger partial charge is 0 e. The van der Waals surface area contributed by atoms with Gasteiger partial charge in [-0.3, -0.25) is 4.98 Å². The number of hydrogen-bond donors (Lipinski definition) is 0. The van der Waals surface area contributed by atoms with Gasteiger partial charge in [-0.2, -0.15) is 11.3 Å². The second-order valence-corrected chi connectivity index (χ2v) is 29.2. The molecule has 0 amide bonds. The van der Waals surface area contributed by atoms with E-state index in [1.165, 1.54) is 52.7 Å². The molecular formula is C53H50GeIrN4S2-2. The van der Waals surface area contributed by atoms with Crippen LogP contribution in [-0.4, -0.2) is 32.8 Å². The summed E-state index contributed by atoms with van der Waals surface area (Å²) in [5, 5.41) is 4.60. The van der Waals surface area contributed by atoms with Crippen molar-refractivity contribution in [2.24, 2.45) is 5.92 Å². The number of benzene rings is 5. The Hall–Kier alpha value is -4.50. The molecule has 0 bridgehead atoms. The third kappa shape index (κ3) is 8.16. The van der Waals surface area contributed by atoms with Gasteiger partial charge >= 0.3 is 128 Å². The predicted molar refractivity (Wildman–Crippen MR) is 262 cm³/mol. The van der Waals surface area contributed by atoms with Crippen molar-refractivity contribution in [1.82, 2.24) is 19.5 Å². The Kier molecular flexibility index (Phi) is 10.8. The zero-order valence-electron chi connectivity index (χ0n) is 40.4. The van der Waals surface area contributed by atoms with E-state index < -0.39 is 26.5 Å². The van der Waals surface area contributed by atoms with Gasteiger partial charge in [-0.05, 0) is 71.2 Å². The van der Waals surface area contributed by atoms with E-state index in [2.05, 4.69) is 112 Å². The number of aryl methyl sites for hydroxylation is 3. The first-order valence-corrected chi connectivity index (χ1v) is 29.7. The molecule has 10 aromatic rings. The van der Waals surface area contributed by atoms with Crippen molar-refractivity contribution >= 4 is 91.8 Å². The van der Waals surface area contributed by atoms with Crippen LogP contribution < -0.4 is 4.40 Å². The number of pyridine rings is 2. The number of rotatable bonds is 8. The molecule has 61 heavy (non-hydrogen) atoms. The zero-order chi connectivity index (χ0) is 46.0. The van der Waals surface area contributed by atoms with Gasteiger partial charge in [-0.25, -0.2) is 4.98 Å². The number of imidazole rings is 1. The summed E-state index contributed by atoms with van der Waals surface area (Å²) in [4.78, 5) is 15.2. The Labute approximate surface area is 390 Å². The number of hydrogen-bond acceptors (Lipinski definition) is 5. The number of aromatic nitrogens is 4. The standard InChI is InChI=1S/C35H26N3S2.C18H24GeN.Ir/c1-4-21-19-27-23-11-6-9-16-30(23)39-32(27)22(5-2)31(21)38-29-15-8-7-14-28(29)37-34(38)26-13-10-12-24-25-18-17-20(3)36-35(25)40-33(24)26;1-14(2)11-16-12-17(19(3,4)5)13-20-18(16)15-9-7-6-8-10-15;/h6-12,14-19H,4-5H2,1-3H3;6-9,12-14H,11H2,1-5H3;/q2*-1;/i3D3;11D2;. The molecule has 0 atom stereocenters. The molecule has 5 heterocycles. The molecule has 0 spiro atoms. The quantitative estimate of drug-likeness (QED) is 0.112. The molecular weight excluding hydrogens is 1020 g/mol. The maximum absolute atomic E-state index is 8.55. The van der Waals surface area contributed by atoms with Crippen LogP contribution in [0.3, 0.4) is 0 Å². The Morgan fingerprint density at radius 2 is 1.57 bits per heavy atom. The molecule has 0 aliphatic heterocycles. The van der Waals surface area contributed by atoms with Crippen LogP contribution in [0.25, 0.3) is 79.8 Å². The van der Waals surface area contributed by atoms with Gasteiger partial charge in [0.1, 0.15) is 4.83 Å². The van der Waals surface area contributed by atoms with Crippen LogP contribution in [-0.2, 0) is 39.3 Å². The van der Waals surface area contributed by atoms with Crippen LogP contribution >= 0.6 is 22.7 Å². The summed E-state index contributed by atoms with van der Waals surface area (Å²) in [5.41, 5.74) is 9.06. The van der Waals surface area contributed by atoms with E-state index in [0.717, 1.165) is 62.0 Å². The minimum atomic E-state index is -2.26. The number of para-hydroxylation sites is 2. The molecule has 5 aromatic heterocycles. The first-order valence-electron chi connectivity index (χ1n) is 23.2. The monoisotopic (exact) mass is 1080 g/mol. The van der Waals surface area contributed by atoms with Crippen molar-refractivity contribution in [2.75, 3.05) is 0 Å². The Balaban J connectivity index is 0.000000219. The molecule has 309 valence electrons. The second kappa shape index (κ2) is 17.7. The molecule has 1 radical (unpaired) electrons. The van der Waals surface area contributed by atoms with Crippen molar-refractivity contribution in [2.45, 2.75) is 71.0 Å². The van der Waals surface area contributed by atoms with Crippen LogP contribution in [0.5, 0.6) is 0 Å². The third-order valence-corrected chi connectivity index (χ3v) is 17.6. The Morgan fingerprint density at radius 3 is 2.33 bits per heavy atom. The normalized spacial score (nSPS) is 13.5. The maximum Gasteiger partial charge on any atom is 0 e. The van der Waals surface area contributed by atoms with Crippen LogP contribution in [0.2, 0.25) is 17.3 Å². The van der Waals surface area contributed by atoms with Crippen molar-refractivity contribution in [1.29, 1.82) is 0 Å². The van der Waals surface area contributed by atoms with Gasteiger partial charge in [-0.1, -0.05) is 61.2 Å². The van der Waals surface area contributed by atoms with E-state index in [4.69, 9.17) is 11.8 Å². The molecule has 10 rings (SSSR count). The summed E-state index contributed by atoms with van der Waals surface area (Å²) in [6, 6.07) is 43.3. The summed E-state index contributed by atoms with van der Waals surface area (Å²) >= 11 is 1.32. The average molecular weight is 1080 g/mol. The molecule has 4 nitrogen and oxygen atoms in total. The maximum atomic E-state index is 8.55. The Bertz CT molecular complexity index is 3410. The van der Waals surface area contributed by atoms with Crippen LogP contribution in [0.15, 0.2) is 115 Å². The summed E-state index contributed by atoms with van der Waals surface area (Å²) in [6.07, 6.45) is 2.30. The topological polar surface area (TPSA) is 43.6 Å². The van der Waals surface area contributed by atoms with Gasteiger partial charge in [0, 0.05) is 55.8 Å². The van der Waals surface area contributed by atoms with Crippen molar-refractivity contribution in [3.8, 4) is 28.3 Å². The molecule has 5 aromatic carbocycles. The second-order valence-electron chi connectivity index (χ2n) is 16.5. The van der Waals surface area contributed by atoms with Crippen LogP contribution in [0.1, 0.15) is 56.9 Å². The zero-order valence-corrected chi connectivity index (χ0v) is 41.5. The molecule has 0 aliphatic carbocycles. The van der Waals surface area contributed by atoms with E-state index in [0.29, 0.717) is 10.4 Å². The van der Waals surface area contributed by atoms with E-state index >= 15 is 0 Å². The summed E-state index contributed by atoms with van der Waals surface area (Å²) < 4.78 is 47.9. The van der Waals surface area contributed by atoms with E-state index in [1.54, 1.807) is 6.07 Å². The minimum absolute atomic E-state index is 0. The molecule has 0 aliphatic rings. The third-order valence-electron chi connectivity index (χ3n) is 11.0. The predicted octanol–water partition coefficient (Wildman–Crippen LogP) is 14.3. The molecule has 0 saturated heterocycles. The SMILES string of the molecule is [2H]C([2H])([2H])c1ccc2c(n1)sc1c(-c3nc4ccccc4n3-c3c(CC)cc4c(sc5ccccc54)c3CC)[c-]ccc12.[2H]C([2H])(c1c[c]([Ge]([CH3])([CH3])[CH3])cnc1-c1[c-]cccc1)C(C)C.[Ir]. The molecule has 0 saturated carbocycles. The minimum Gasteiger partial charge on any atom is 0 e. The van der Waals surface area contributed by atoms with Gasteiger partial charge < -0.3 is 4.57 Å². The van der Waals surface area contributed by atoms with Gasteiger partial charge in [0.15, 0.2) is 0 Å².